The van der Waals surface area contributed by atoms with Crippen LogP contribution in [0.5, 0.6) is 0 Å². The van der Waals surface area contributed by atoms with E-state index in [4.69, 9.17) is 5.11 Å². The lowest BCUT2D eigenvalue weighted by molar-refractivity contribution is -0.121. The molecule has 1 aliphatic rings. The summed E-state index contributed by atoms with van der Waals surface area (Å²) in [4.78, 5) is 23.4. The van der Waals surface area contributed by atoms with Crippen molar-refractivity contribution < 1.29 is 14.7 Å². The average Bonchev–Trinajstić information content (AvgIpc) is 2.97. The van der Waals surface area contributed by atoms with Crippen LogP contribution in [0, 0.1) is 0 Å². The maximum absolute atomic E-state index is 12.4. The van der Waals surface area contributed by atoms with E-state index in [-0.39, 0.29) is 11.9 Å². The molecule has 0 spiro atoms. The normalized spacial score (nSPS) is 15.9. The van der Waals surface area contributed by atoms with Crippen molar-refractivity contribution in [2.75, 3.05) is 0 Å². The lowest BCUT2D eigenvalue weighted by Crippen LogP contribution is -2.28. The second-order valence-corrected chi connectivity index (χ2v) is 6.95. The minimum Gasteiger partial charge on any atom is -0.478 e. The van der Waals surface area contributed by atoms with Crippen LogP contribution in [-0.4, -0.2) is 17.0 Å². The smallest absolute Gasteiger partial charge is 0.335 e. The molecule has 1 aliphatic carbocycles. The van der Waals surface area contributed by atoms with Gasteiger partial charge in [0.25, 0.3) is 0 Å². The third-order valence-electron chi connectivity index (χ3n) is 4.81. The zero-order chi connectivity index (χ0) is 18.0. The maximum atomic E-state index is 12.4. The summed E-state index contributed by atoms with van der Waals surface area (Å²) in [7, 11) is 0. The van der Waals surface area contributed by atoms with Gasteiger partial charge >= 0.3 is 5.97 Å². The molecule has 4 nitrogen and oxygen atoms in total. The van der Waals surface area contributed by atoms with E-state index in [1.807, 2.05) is 18.2 Å². The van der Waals surface area contributed by atoms with Crippen LogP contribution in [0.15, 0.2) is 42.5 Å². The number of hydrogen-bond donors (Lipinski definition) is 2. The van der Waals surface area contributed by atoms with Crippen LogP contribution in [0.2, 0.25) is 0 Å². The Morgan fingerprint density at radius 2 is 1.88 bits per heavy atom. The van der Waals surface area contributed by atoms with Crippen molar-refractivity contribution in [3.05, 3.63) is 70.3 Å². The van der Waals surface area contributed by atoms with Gasteiger partial charge in [-0.3, -0.25) is 4.79 Å². The zero-order valence-electron chi connectivity index (χ0n) is 14.6. The van der Waals surface area contributed by atoms with Crippen LogP contribution in [-0.2, 0) is 17.6 Å². The lowest BCUT2D eigenvalue weighted by atomic mass is 10.0. The van der Waals surface area contributed by atoms with Crippen LogP contribution in [0.1, 0.15) is 64.8 Å². The summed E-state index contributed by atoms with van der Waals surface area (Å²) in [6.07, 6.45) is 1.97. The molecule has 25 heavy (non-hydrogen) atoms. The molecule has 0 bridgehead atoms. The predicted molar refractivity (Wildman–Crippen MR) is 96.8 cm³/mol. The third kappa shape index (κ3) is 3.90. The Morgan fingerprint density at radius 1 is 1.16 bits per heavy atom. The minimum atomic E-state index is -0.917. The molecule has 0 fully saturated rings. The number of carboxylic acid groups (broad SMARTS) is 1. The van der Waals surface area contributed by atoms with E-state index < -0.39 is 5.97 Å². The van der Waals surface area contributed by atoms with Crippen LogP contribution in [0.3, 0.4) is 0 Å². The average molecular weight is 337 g/mol. The highest BCUT2D eigenvalue weighted by Gasteiger charge is 2.24. The Labute approximate surface area is 147 Å². The van der Waals surface area contributed by atoms with Crippen LogP contribution < -0.4 is 5.32 Å². The molecule has 2 aromatic rings. The Bertz CT molecular complexity index is 793. The zero-order valence-corrected chi connectivity index (χ0v) is 14.6. The standard InChI is InChI=1S/C21H23NO3/c1-13(2)15-5-3-14(4-6-15)11-20(23)22-19-10-8-16-12-17(21(24)25)7-9-18(16)19/h3-7,9,12-13,19H,8,10-11H2,1-2H3,(H,22,23)(H,24,25). The molecule has 3 rings (SSSR count). The van der Waals surface area contributed by atoms with Crippen molar-refractivity contribution in [2.45, 2.75) is 45.1 Å². The highest BCUT2D eigenvalue weighted by molar-refractivity contribution is 5.88. The Morgan fingerprint density at radius 3 is 2.52 bits per heavy atom. The molecule has 0 aliphatic heterocycles. The van der Waals surface area contributed by atoms with Gasteiger partial charge in [-0.2, -0.15) is 0 Å². The number of rotatable bonds is 5. The number of hydrogen-bond acceptors (Lipinski definition) is 2. The largest absolute Gasteiger partial charge is 0.478 e. The molecule has 130 valence electrons. The van der Waals surface area contributed by atoms with E-state index in [1.165, 1.54) is 5.56 Å². The van der Waals surface area contributed by atoms with Gasteiger partial charge in [-0.15, -0.1) is 0 Å². The number of amides is 1. The first-order chi connectivity index (χ1) is 11.9. The van der Waals surface area contributed by atoms with E-state index in [9.17, 15) is 9.59 Å². The number of aryl methyl sites for hydroxylation is 1. The summed E-state index contributed by atoms with van der Waals surface area (Å²) >= 11 is 0. The van der Waals surface area contributed by atoms with E-state index in [0.29, 0.717) is 17.9 Å². The van der Waals surface area contributed by atoms with Gasteiger partial charge in [0.05, 0.1) is 18.0 Å². The molecule has 2 N–H and O–H groups in total. The molecule has 0 aromatic heterocycles. The van der Waals surface area contributed by atoms with Gasteiger partial charge in [0.1, 0.15) is 0 Å². The Balaban J connectivity index is 1.64. The number of nitrogens with one attached hydrogen (secondary N) is 1. The van der Waals surface area contributed by atoms with Crippen molar-refractivity contribution in [3.63, 3.8) is 0 Å². The van der Waals surface area contributed by atoms with E-state index in [0.717, 1.165) is 29.5 Å². The summed E-state index contributed by atoms with van der Waals surface area (Å²) in [5.41, 5.74) is 4.63. The Kier molecular flexibility index (Phi) is 4.88. The quantitative estimate of drug-likeness (QED) is 0.871. The van der Waals surface area contributed by atoms with Crippen molar-refractivity contribution in [3.8, 4) is 0 Å². The molecule has 4 heteroatoms. The maximum Gasteiger partial charge on any atom is 0.335 e. The first-order valence-corrected chi connectivity index (χ1v) is 8.68. The summed E-state index contributed by atoms with van der Waals surface area (Å²) in [5.74, 6) is -0.439. The number of fused-ring (bicyclic) bond motifs is 1. The first-order valence-electron chi connectivity index (χ1n) is 8.68. The van der Waals surface area contributed by atoms with Crippen LogP contribution in [0.4, 0.5) is 0 Å². The van der Waals surface area contributed by atoms with Crippen LogP contribution in [0.25, 0.3) is 0 Å². The van der Waals surface area contributed by atoms with E-state index >= 15 is 0 Å². The van der Waals surface area contributed by atoms with Gasteiger partial charge in [-0.05, 0) is 53.1 Å². The monoisotopic (exact) mass is 337 g/mol. The topological polar surface area (TPSA) is 66.4 Å². The highest BCUT2D eigenvalue weighted by Crippen LogP contribution is 2.31. The minimum absolute atomic E-state index is 0.00235. The highest BCUT2D eigenvalue weighted by atomic mass is 16.4. The summed E-state index contributed by atoms with van der Waals surface area (Å²) in [6, 6.07) is 13.3. The molecular formula is C21H23NO3. The van der Waals surface area contributed by atoms with Crippen molar-refractivity contribution in [1.82, 2.24) is 5.32 Å². The van der Waals surface area contributed by atoms with Crippen LogP contribution >= 0.6 is 0 Å². The SMILES string of the molecule is CC(C)c1ccc(CC(=O)NC2CCc3cc(C(=O)O)ccc32)cc1. The van der Waals surface area contributed by atoms with Gasteiger partial charge < -0.3 is 10.4 Å². The number of carboxylic acids is 1. The van der Waals surface area contributed by atoms with Crippen molar-refractivity contribution in [1.29, 1.82) is 0 Å². The molecule has 0 heterocycles. The predicted octanol–water partition coefficient (Wildman–Crippen LogP) is 3.85. The summed E-state index contributed by atoms with van der Waals surface area (Å²) < 4.78 is 0. The van der Waals surface area contributed by atoms with Gasteiger partial charge in [0.15, 0.2) is 0 Å². The summed E-state index contributed by atoms with van der Waals surface area (Å²) in [5, 5.41) is 12.2. The van der Waals surface area contributed by atoms with Gasteiger partial charge in [-0.1, -0.05) is 44.2 Å². The van der Waals surface area contributed by atoms with E-state index in [1.54, 1.807) is 12.1 Å². The Hall–Kier alpha value is -2.62. The molecule has 0 radical (unpaired) electrons. The fourth-order valence-electron chi connectivity index (χ4n) is 3.35. The molecular weight excluding hydrogens is 314 g/mol. The molecule has 1 atom stereocenters. The fraction of sp³-hybridized carbons (Fsp3) is 0.333. The van der Waals surface area contributed by atoms with Gasteiger partial charge in [-0.25, -0.2) is 4.79 Å². The molecule has 1 amide bonds. The second-order valence-electron chi connectivity index (χ2n) is 6.95. The van der Waals surface area contributed by atoms with Gasteiger partial charge in [0.2, 0.25) is 5.91 Å². The second kappa shape index (κ2) is 7.09. The molecule has 2 aromatic carbocycles. The van der Waals surface area contributed by atoms with E-state index in [2.05, 4.69) is 31.3 Å². The number of carbonyl (C=O) groups is 2. The molecule has 0 saturated heterocycles. The van der Waals surface area contributed by atoms with Gasteiger partial charge in [0, 0.05) is 0 Å². The fourth-order valence-corrected chi connectivity index (χ4v) is 3.35. The molecule has 0 saturated carbocycles. The third-order valence-corrected chi connectivity index (χ3v) is 4.81. The van der Waals surface area contributed by atoms with Crippen molar-refractivity contribution >= 4 is 11.9 Å². The number of benzene rings is 2. The first kappa shape index (κ1) is 17.2. The number of carbonyl (C=O) groups excluding carboxylic acids is 1. The molecule has 1 unspecified atom stereocenters. The van der Waals surface area contributed by atoms with Crippen molar-refractivity contribution in [2.24, 2.45) is 0 Å². The lowest BCUT2D eigenvalue weighted by Gasteiger charge is -2.15. The number of aromatic carboxylic acids is 1. The summed E-state index contributed by atoms with van der Waals surface area (Å²) in [6.45, 7) is 4.30.